The van der Waals surface area contributed by atoms with Crippen molar-refractivity contribution in [2.24, 2.45) is 0 Å². The Morgan fingerprint density at radius 2 is 2.04 bits per heavy atom. The number of rotatable bonds is 2. The molecule has 126 valence electrons. The smallest absolute Gasteiger partial charge is 0.145 e. The van der Waals surface area contributed by atoms with Crippen molar-refractivity contribution in [1.82, 2.24) is 9.97 Å². The molecule has 0 fully saturated rings. The second-order valence-electron chi connectivity index (χ2n) is 6.25. The summed E-state index contributed by atoms with van der Waals surface area (Å²) < 4.78 is 0. The van der Waals surface area contributed by atoms with Crippen LogP contribution in [0.3, 0.4) is 0 Å². The maximum Gasteiger partial charge on any atom is 0.145 e. The molecule has 1 aliphatic heterocycles. The van der Waals surface area contributed by atoms with E-state index >= 15 is 0 Å². The van der Waals surface area contributed by atoms with Gasteiger partial charge in [0.1, 0.15) is 17.4 Å². The number of hydrogen-bond acceptors (Lipinski definition) is 3. The van der Waals surface area contributed by atoms with Crippen molar-refractivity contribution >= 4 is 39.7 Å². The second-order valence-corrected chi connectivity index (χ2v) is 6.65. The number of aryl methyl sites for hydroxylation is 1. The molecule has 0 amide bonds. The maximum absolute atomic E-state index is 10.5. The summed E-state index contributed by atoms with van der Waals surface area (Å²) in [5.74, 6) is 0.837. The number of aliphatic hydroxyl groups is 1. The van der Waals surface area contributed by atoms with E-state index in [9.17, 15) is 5.11 Å². The highest BCUT2D eigenvalue weighted by Gasteiger charge is 2.32. The molecule has 1 aliphatic rings. The van der Waals surface area contributed by atoms with Crippen molar-refractivity contribution in [1.29, 1.82) is 5.41 Å². The van der Waals surface area contributed by atoms with Gasteiger partial charge in [0.15, 0.2) is 0 Å². The zero-order chi connectivity index (χ0) is 17.7. The average Bonchev–Trinajstić information content (AvgIpc) is 3.10. The molecule has 5 nitrogen and oxygen atoms in total. The fourth-order valence-electron chi connectivity index (χ4n) is 3.16. The first kappa shape index (κ1) is 15.7. The van der Waals surface area contributed by atoms with E-state index in [-0.39, 0.29) is 18.1 Å². The zero-order valence-electron chi connectivity index (χ0n) is 13.9. The van der Waals surface area contributed by atoms with Crippen molar-refractivity contribution < 1.29 is 5.11 Å². The molecule has 0 bridgehead atoms. The lowest BCUT2D eigenvalue weighted by atomic mass is 10.1. The zero-order valence-corrected chi connectivity index (χ0v) is 14.6. The minimum absolute atomic E-state index is 0.125. The molecule has 4 rings (SSSR count). The highest BCUT2D eigenvalue weighted by molar-refractivity contribution is 6.33. The van der Waals surface area contributed by atoms with E-state index in [0.717, 1.165) is 27.8 Å². The summed E-state index contributed by atoms with van der Waals surface area (Å²) in [6.45, 7) is 4.15. The number of nitrogens with zero attached hydrogens (tertiary/aromatic N) is 2. The highest BCUT2D eigenvalue weighted by atomic mass is 35.5. The molecule has 3 N–H and O–H groups in total. The summed E-state index contributed by atoms with van der Waals surface area (Å²) in [7, 11) is 0. The summed E-state index contributed by atoms with van der Waals surface area (Å²) in [5.41, 5.74) is 4.94. The van der Waals surface area contributed by atoms with Crippen molar-refractivity contribution in [3.63, 3.8) is 0 Å². The number of nitrogens with one attached hydrogen (secondary N) is 2. The van der Waals surface area contributed by atoms with Crippen molar-refractivity contribution in [3.8, 4) is 0 Å². The fourth-order valence-corrected chi connectivity index (χ4v) is 3.33. The molecule has 0 atom stereocenters. The van der Waals surface area contributed by atoms with Crippen LogP contribution in [0.1, 0.15) is 17.0 Å². The van der Waals surface area contributed by atoms with Gasteiger partial charge < -0.3 is 15.0 Å². The molecule has 6 heteroatoms. The second kappa shape index (κ2) is 5.63. The number of fused-ring (bicyclic) bond motifs is 1. The SMILES string of the molecule is Cc1ccc2nc(C3=C(O)CN(c4cccc(Cl)c4C)C3=N)[nH]c2c1. The van der Waals surface area contributed by atoms with Gasteiger partial charge in [-0.2, -0.15) is 0 Å². The van der Waals surface area contributed by atoms with Crippen molar-refractivity contribution in [2.45, 2.75) is 13.8 Å². The third-order valence-electron chi connectivity index (χ3n) is 4.51. The van der Waals surface area contributed by atoms with E-state index in [1.54, 1.807) is 4.90 Å². The predicted octanol–water partition coefficient (Wildman–Crippen LogP) is 4.60. The minimum Gasteiger partial charge on any atom is -0.509 e. The Hall–Kier alpha value is -2.79. The number of H-pyrrole nitrogens is 1. The highest BCUT2D eigenvalue weighted by Crippen LogP contribution is 2.34. The molecule has 25 heavy (non-hydrogen) atoms. The standard InChI is InChI=1S/C19H17ClN4O/c1-10-6-7-13-14(8-10)23-19(22-13)17-16(25)9-24(18(17)21)15-5-3-4-12(20)11(15)2/h3-8,21,25H,9H2,1-2H3,(H,22,23). The number of aliphatic hydroxyl groups excluding tert-OH is 1. The third-order valence-corrected chi connectivity index (χ3v) is 4.92. The molecule has 0 saturated carbocycles. The number of amidine groups is 1. The van der Waals surface area contributed by atoms with Gasteiger partial charge in [0.2, 0.25) is 0 Å². The predicted molar refractivity (Wildman–Crippen MR) is 102 cm³/mol. The largest absolute Gasteiger partial charge is 0.509 e. The first-order valence-electron chi connectivity index (χ1n) is 7.96. The summed E-state index contributed by atoms with van der Waals surface area (Å²) in [5, 5.41) is 19.7. The summed E-state index contributed by atoms with van der Waals surface area (Å²) >= 11 is 6.21. The Kier molecular flexibility index (Phi) is 3.54. The number of aromatic nitrogens is 2. The van der Waals surface area contributed by atoms with Crippen LogP contribution < -0.4 is 4.90 Å². The Morgan fingerprint density at radius 3 is 2.84 bits per heavy atom. The average molecular weight is 353 g/mol. The van der Waals surface area contributed by atoms with Crippen LogP contribution in [0.15, 0.2) is 42.2 Å². The monoisotopic (exact) mass is 352 g/mol. The normalized spacial score (nSPS) is 14.8. The quantitative estimate of drug-likeness (QED) is 0.630. The van der Waals surface area contributed by atoms with E-state index in [1.165, 1.54) is 0 Å². The number of aromatic amines is 1. The number of anilines is 1. The minimum atomic E-state index is 0.125. The lowest BCUT2D eigenvalue weighted by molar-refractivity contribution is 0.411. The topological polar surface area (TPSA) is 76.0 Å². The van der Waals surface area contributed by atoms with Crippen LogP contribution in [0.5, 0.6) is 0 Å². The van der Waals surface area contributed by atoms with E-state index in [0.29, 0.717) is 16.4 Å². The Morgan fingerprint density at radius 1 is 1.24 bits per heavy atom. The van der Waals surface area contributed by atoms with Crippen LogP contribution in [0, 0.1) is 19.3 Å². The molecule has 0 unspecified atom stereocenters. The molecular weight excluding hydrogens is 336 g/mol. The summed E-state index contributed by atoms with van der Waals surface area (Å²) in [6.07, 6.45) is 0. The Balaban J connectivity index is 1.76. The van der Waals surface area contributed by atoms with Gasteiger partial charge >= 0.3 is 0 Å². The van der Waals surface area contributed by atoms with Crippen LogP contribution in [0.2, 0.25) is 5.02 Å². The van der Waals surface area contributed by atoms with Gasteiger partial charge in [-0.1, -0.05) is 23.7 Å². The molecule has 1 aromatic heterocycles. The Bertz CT molecular complexity index is 1050. The van der Waals surface area contributed by atoms with Crippen LogP contribution in [-0.4, -0.2) is 27.5 Å². The first-order valence-corrected chi connectivity index (χ1v) is 8.34. The van der Waals surface area contributed by atoms with Crippen molar-refractivity contribution in [2.75, 3.05) is 11.4 Å². The van der Waals surface area contributed by atoms with Gasteiger partial charge in [0.25, 0.3) is 0 Å². The molecule has 0 radical (unpaired) electrons. The third kappa shape index (κ3) is 2.48. The lowest BCUT2D eigenvalue weighted by Crippen LogP contribution is -2.27. The molecular formula is C19H17ClN4O. The maximum atomic E-state index is 10.5. The van der Waals surface area contributed by atoms with Crippen LogP contribution in [-0.2, 0) is 0 Å². The fraction of sp³-hybridized carbons (Fsp3) is 0.158. The molecule has 0 saturated heterocycles. The lowest BCUT2D eigenvalue weighted by Gasteiger charge is -2.21. The van der Waals surface area contributed by atoms with Crippen LogP contribution >= 0.6 is 11.6 Å². The molecule has 2 heterocycles. The van der Waals surface area contributed by atoms with E-state index < -0.39 is 0 Å². The molecule has 0 spiro atoms. The molecule has 0 aliphatic carbocycles. The molecule has 2 aromatic carbocycles. The van der Waals surface area contributed by atoms with Crippen LogP contribution in [0.4, 0.5) is 5.69 Å². The van der Waals surface area contributed by atoms with Gasteiger partial charge in [-0.15, -0.1) is 0 Å². The van der Waals surface area contributed by atoms with Gasteiger partial charge in [-0.3, -0.25) is 5.41 Å². The van der Waals surface area contributed by atoms with Crippen LogP contribution in [0.25, 0.3) is 16.6 Å². The first-order chi connectivity index (χ1) is 12.0. The van der Waals surface area contributed by atoms with E-state index in [2.05, 4.69) is 9.97 Å². The van der Waals surface area contributed by atoms with Crippen molar-refractivity contribution in [3.05, 3.63) is 64.1 Å². The van der Waals surface area contributed by atoms with Gasteiger partial charge in [0.05, 0.1) is 23.2 Å². The molecule has 3 aromatic rings. The number of halogens is 1. The summed E-state index contributed by atoms with van der Waals surface area (Å²) in [4.78, 5) is 9.49. The van der Waals surface area contributed by atoms with E-state index in [1.807, 2.05) is 50.2 Å². The van der Waals surface area contributed by atoms with E-state index in [4.69, 9.17) is 17.0 Å². The number of hydrogen-bond donors (Lipinski definition) is 3. The number of imidazole rings is 1. The van der Waals surface area contributed by atoms with Gasteiger partial charge in [-0.05, 0) is 49.2 Å². The Labute approximate surface area is 150 Å². The number of benzene rings is 2. The van der Waals surface area contributed by atoms with Gasteiger partial charge in [0, 0.05) is 10.7 Å². The van der Waals surface area contributed by atoms with Gasteiger partial charge in [-0.25, -0.2) is 4.98 Å². The summed E-state index contributed by atoms with van der Waals surface area (Å²) in [6, 6.07) is 11.5.